The fraction of sp³-hybridized carbons (Fsp3) is 0.700. The highest BCUT2D eigenvalue weighted by atomic mass is 15.3. The van der Waals surface area contributed by atoms with Crippen molar-refractivity contribution in [2.75, 3.05) is 44.2 Å². The number of hydrogen-bond donors (Lipinski definition) is 1. The molecule has 2 fully saturated rings. The normalized spacial score (nSPS) is 20.8. The third-order valence-electron chi connectivity index (χ3n) is 5.61. The van der Waals surface area contributed by atoms with Gasteiger partial charge in [0.25, 0.3) is 0 Å². The van der Waals surface area contributed by atoms with E-state index in [-0.39, 0.29) is 0 Å². The monoisotopic (exact) mass is 315 g/mol. The van der Waals surface area contributed by atoms with Crippen LogP contribution in [0.15, 0.2) is 24.3 Å². The minimum atomic E-state index is 0.915. The van der Waals surface area contributed by atoms with Crippen LogP contribution in [0.3, 0.4) is 0 Å². The molecule has 0 aromatic heterocycles. The zero-order chi connectivity index (χ0) is 15.9. The second-order valence-electron chi connectivity index (χ2n) is 7.22. The van der Waals surface area contributed by atoms with Crippen LogP contribution in [0.1, 0.15) is 44.6 Å². The van der Waals surface area contributed by atoms with Crippen LogP contribution in [0.5, 0.6) is 0 Å². The van der Waals surface area contributed by atoms with Gasteiger partial charge in [0.15, 0.2) is 0 Å². The van der Waals surface area contributed by atoms with E-state index in [1.54, 1.807) is 0 Å². The first kappa shape index (κ1) is 16.8. The summed E-state index contributed by atoms with van der Waals surface area (Å²) in [5, 5.41) is 3.66. The van der Waals surface area contributed by atoms with Crippen molar-refractivity contribution in [3.05, 3.63) is 29.8 Å². The highest BCUT2D eigenvalue weighted by molar-refractivity contribution is 5.48. The van der Waals surface area contributed by atoms with Crippen molar-refractivity contribution in [1.29, 1.82) is 0 Å². The first-order valence-electron chi connectivity index (χ1n) is 9.62. The molecule has 2 aliphatic rings. The number of anilines is 1. The van der Waals surface area contributed by atoms with Crippen molar-refractivity contribution < 1.29 is 0 Å². The summed E-state index contributed by atoms with van der Waals surface area (Å²) >= 11 is 0. The first-order valence-corrected chi connectivity index (χ1v) is 9.62. The topological polar surface area (TPSA) is 18.5 Å². The average Bonchev–Trinajstić information content (AvgIpc) is 2.63. The van der Waals surface area contributed by atoms with E-state index in [2.05, 4.69) is 46.3 Å². The third-order valence-corrected chi connectivity index (χ3v) is 5.61. The van der Waals surface area contributed by atoms with E-state index in [1.165, 1.54) is 69.5 Å². The predicted octanol–water partition coefficient (Wildman–Crippen LogP) is 3.50. The SMILES string of the molecule is CCN1CCN(c2ccc(CNCC3CCCCC3)cc2)CC1. The molecule has 0 atom stereocenters. The number of nitrogens with one attached hydrogen (secondary N) is 1. The highest BCUT2D eigenvalue weighted by Crippen LogP contribution is 2.23. The lowest BCUT2D eigenvalue weighted by Gasteiger charge is -2.35. The molecule has 3 rings (SSSR count). The maximum Gasteiger partial charge on any atom is 0.0367 e. The molecule has 23 heavy (non-hydrogen) atoms. The molecule has 128 valence electrons. The van der Waals surface area contributed by atoms with Crippen LogP contribution in [0, 0.1) is 5.92 Å². The molecule has 0 spiro atoms. The number of piperazine rings is 1. The summed E-state index contributed by atoms with van der Waals surface area (Å²) in [5.74, 6) is 0.915. The van der Waals surface area contributed by atoms with Crippen molar-refractivity contribution in [1.82, 2.24) is 10.2 Å². The maximum atomic E-state index is 3.66. The predicted molar refractivity (Wildman–Crippen MR) is 99.1 cm³/mol. The number of likely N-dealkylation sites (N-methyl/N-ethyl adjacent to an activating group) is 1. The first-order chi connectivity index (χ1) is 11.3. The second-order valence-corrected chi connectivity index (χ2v) is 7.22. The molecule has 1 aliphatic carbocycles. The van der Waals surface area contributed by atoms with Crippen molar-refractivity contribution in [3.8, 4) is 0 Å². The number of hydrogen-bond acceptors (Lipinski definition) is 3. The lowest BCUT2D eigenvalue weighted by atomic mass is 9.89. The van der Waals surface area contributed by atoms with Gasteiger partial charge in [-0.2, -0.15) is 0 Å². The van der Waals surface area contributed by atoms with Crippen molar-refractivity contribution >= 4 is 5.69 Å². The molecular formula is C20H33N3. The molecule has 3 heteroatoms. The molecule has 0 unspecified atom stereocenters. The summed E-state index contributed by atoms with van der Waals surface area (Å²) < 4.78 is 0. The van der Waals surface area contributed by atoms with Gasteiger partial charge in [0, 0.05) is 38.4 Å². The van der Waals surface area contributed by atoms with E-state index in [0.717, 1.165) is 25.6 Å². The molecule has 1 saturated carbocycles. The van der Waals surface area contributed by atoms with Gasteiger partial charge in [-0.05, 0) is 49.5 Å². The molecule has 1 saturated heterocycles. The molecule has 1 aromatic rings. The highest BCUT2D eigenvalue weighted by Gasteiger charge is 2.16. The van der Waals surface area contributed by atoms with Gasteiger partial charge in [-0.25, -0.2) is 0 Å². The smallest absolute Gasteiger partial charge is 0.0367 e. The van der Waals surface area contributed by atoms with Crippen LogP contribution in [0.2, 0.25) is 0 Å². The molecule has 3 nitrogen and oxygen atoms in total. The van der Waals surface area contributed by atoms with Crippen molar-refractivity contribution in [3.63, 3.8) is 0 Å². The van der Waals surface area contributed by atoms with E-state index >= 15 is 0 Å². The Morgan fingerprint density at radius 2 is 1.65 bits per heavy atom. The Hall–Kier alpha value is -1.06. The number of benzene rings is 1. The molecule has 0 bridgehead atoms. The zero-order valence-corrected chi connectivity index (χ0v) is 14.8. The molecule has 1 aromatic carbocycles. The van der Waals surface area contributed by atoms with E-state index in [4.69, 9.17) is 0 Å². The van der Waals surface area contributed by atoms with E-state index in [1.807, 2.05) is 0 Å². The van der Waals surface area contributed by atoms with Crippen LogP contribution in [-0.4, -0.2) is 44.2 Å². The van der Waals surface area contributed by atoms with E-state index in [0.29, 0.717) is 0 Å². The maximum absolute atomic E-state index is 3.66. The van der Waals surface area contributed by atoms with Crippen LogP contribution < -0.4 is 10.2 Å². The Morgan fingerprint density at radius 3 is 2.30 bits per heavy atom. The summed E-state index contributed by atoms with van der Waals surface area (Å²) in [7, 11) is 0. The Kier molecular flexibility index (Phi) is 6.35. The van der Waals surface area contributed by atoms with Crippen molar-refractivity contribution in [2.45, 2.75) is 45.6 Å². The standard InChI is InChI=1S/C20H33N3/c1-2-22-12-14-23(15-13-22)20-10-8-19(9-11-20)17-21-16-18-6-4-3-5-7-18/h8-11,18,21H,2-7,12-17H2,1H3. The molecular weight excluding hydrogens is 282 g/mol. The van der Waals surface area contributed by atoms with E-state index < -0.39 is 0 Å². The van der Waals surface area contributed by atoms with Crippen LogP contribution in [0.4, 0.5) is 5.69 Å². The summed E-state index contributed by atoms with van der Waals surface area (Å²) in [6.45, 7) is 10.4. The molecule has 0 radical (unpaired) electrons. The second kappa shape index (κ2) is 8.70. The van der Waals surface area contributed by atoms with Crippen molar-refractivity contribution in [2.24, 2.45) is 5.92 Å². The molecule has 1 N–H and O–H groups in total. The fourth-order valence-corrected chi connectivity index (χ4v) is 3.96. The molecule has 1 heterocycles. The van der Waals surface area contributed by atoms with Gasteiger partial charge >= 0.3 is 0 Å². The Balaban J connectivity index is 1.42. The lowest BCUT2D eigenvalue weighted by molar-refractivity contribution is 0.271. The Bertz CT molecular complexity index is 442. The molecule has 0 amide bonds. The summed E-state index contributed by atoms with van der Waals surface area (Å²) in [5.41, 5.74) is 2.80. The van der Waals surface area contributed by atoms with Gasteiger partial charge in [0.05, 0.1) is 0 Å². The average molecular weight is 316 g/mol. The molecule has 1 aliphatic heterocycles. The van der Waals surface area contributed by atoms with Gasteiger partial charge in [-0.3, -0.25) is 0 Å². The largest absolute Gasteiger partial charge is 0.369 e. The van der Waals surface area contributed by atoms with Crippen LogP contribution in [-0.2, 0) is 6.54 Å². The van der Waals surface area contributed by atoms with Crippen LogP contribution >= 0.6 is 0 Å². The minimum absolute atomic E-state index is 0.915. The number of nitrogens with zero attached hydrogens (tertiary/aromatic N) is 2. The summed E-state index contributed by atoms with van der Waals surface area (Å²) in [4.78, 5) is 5.05. The minimum Gasteiger partial charge on any atom is -0.369 e. The van der Waals surface area contributed by atoms with Crippen LogP contribution in [0.25, 0.3) is 0 Å². The van der Waals surface area contributed by atoms with Gasteiger partial charge in [-0.1, -0.05) is 38.3 Å². The van der Waals surface area contributed by atoms with E-state index in [9.17, 15) is 0 Å². The van der Waals surface area contributed by atoms with Gasteiger partial charge in [-0.15, -0.1) is 0 Å². The fourth-order valence-electron chi connectivity index (χ4n) is 3.96. The Labute approximate surface area is 142 Å². The quantitative estimate of drug-likeness (QED) is 0.867. The summed E-state index contributed by atoms with van der Waals surface area (Å²) in [6, 6.07) is 9.21. The third kappa shape index (κ3) is 4.95. The van der Waals surface area contributed by atoms with Gasteiger partial charge in [0.1, 0.15) is 0 Å². The summed E-state index contributed by atoms with van der Waals surface area (Å²) in [6.07, 6.45) is 7.18. The zero-order valence-electron chi connectivity index (χ0n) is 14.8. The number of rotatable bonds is 6. The lowest BCUT2D eigenvalue weighted by Crippen LogP contribution is -2.46. The van der Waals surface area contributed by atoms with Gasteiger partial charge in [0.2, 0.25) is 0 Å². The Morgan fingerprint density at radius 1 is 0.957 bits per heavy atom. The van der Waals surface area contributed by atoms with Gasteiger partial charge < -0.3 is 15.1 Å².